The number of carbonyl (C=O) groups is 1. The van der Waals surface area contributed by atoms with Gasteiger partial charge in [0.2, 0.25) is 5.96 Å². The number of hydrogen-bond donors (Lipinski definition) is 4. The fraction of sp³-hybridized carbons (Fsp3) is 0.257. The third kappa shape index (κ3) is 8.60. The normalized spacial score (nSPS) is 16.3. The van der Waals surface area contributed by atoms with Gasteiger partial charge in [-0.05, 0) is 64.3 Å². The molecule has 0 radical (unpaired) electrons. The monoisotopic (exact) mass is 676 g/mol. The molecular formula is C35H38Cl2N6O2S. The van der Waals surface area contributed by atoms with E-state index in [1.54, 1.807) is 31.2 Å². The molecule has 2 aromatic carbocycles. The molecule has 0 saturated carbocycles. The first-order valence-corrected chi connectivity index (χ1v) is 16.5. The van der Waals surface area contributed by atoms with Crippen LogP contribution in [0.2, 0.25) is 10.0 Å². The predicted octanol–water partition coefficient (Wildman–Crippen LogP) is 9.85. The van der Waals surface area contributed by atoms with Gasteiger partial charge in [0.05, 0.1) is 5.57 Å². The third-order valence-electron chi connectivity index (χ3n) is 7.40. The predicted molar refractivity (Wildman–Crippen MR) is 194 cm³/mol. The van der Waals surface area contributed by atoms with Crippen molar-refractivity contribution in [3.8, 4) is 0 Å². The Balaban J connectivity index is 1.60. The molecule has 0 aliphatic carbocycles. The molecule has 4 rings (SSSR count). The lowest BCUT2D eigenvalue weighted by Crippen LogP contribution is -2.40. The SMILES string of the molecule is C/C=C(\C=C/C=C(\C)CC)C(/SC(=N)NC(=O)C1=C(C)NC(Nc2nc3ccc(Cl)cc3o2)=NC1c1ccccc1Cl)=C(/C)CC. The number of thioether (sulfide) groups is 1. The Morgan fingerprint density at radius 3 is 2.61 bits per heavy atom. The molecule has 1 amide bonds. The summed E-state index contributed by atoms with van der Waals surface area (Å²) in [7, 11) is 0. The van der Waals surface area contributed by atoms with E-state index in [9.17, 15) is 4.79 Å². The molecule has 46 heavy (non-hydrogen) atoms. The first-order chi connectivity index (χ1) is 22.0. The number of carbonyl (C=O) groups excluding carboxylic acids is 1. The van der Waals surface area contributed by atoms with Gasteiger partial charge in [-0.25, -0.2) is 4.99 Å². The Hall–Kier alpha value is -4.05. The number of amides is 1. The van der Waals surface area contributed by atoms with Crippen molar-refractivity contribution in [2.45, 2.75) is 60.4 Å². The van der Waals surface area contributed by atoms with Crippen LogP contribution in [0.25, 0.3) is 11.1 Å². The van der Waals surface area contributed by atoms with Crippen LogP contribution in [0.15, 0.2) is 109 Å². The summed E-state index contributed by atoms with van der Waals surface area (Å²) in [6.45, 7) is 12.1. The Morgan fingerprint density at radius 1 is 1.15 bits per heavy atom. The van der Waals surface area contributed by atoms with Crippen molar-refractivity contribution in [1.82, 2.24) is 15.6 Å². The zero-order chi connectivity index (χ0) is 33.4. The number of nitrogens with one attached hydrogen (secondary N) is 4. The number of guanidine groups is 1. The molecule has 1 aliphatic heterocycles. The number of nitrogens with zero attached hydrogens (tertiary/aromatic N) is 2. The van der Waals surface area contributed by atoms with E-state index >= 15 is 0 Å². The average molecular weight is 678 g/mol. The Kier molecular flexibility index (Phi) is 12.1. The molecule has 240 valence electrons. The van der Waals surface area contributed by atoms with Crippen LogP contribution in [0.1, 0.15) is 66.0 Å². The summed E-state index contributed by atoms with van der Waals surface area (Å²) in [5, 5.41) is 18.8. The van der Waals surface area contributed by atoms with Gasteiger partial charge in [-0.3, -0.25) is 15.5 Å². The molecule has 3 aromatic rings. The molecule has 1 aromatic heterocycles. The number of hydrogen-bond acceptors (Lipinski definition) is 8. The van der Waals surface area contributed by atoms with E-state index in [1.807, 2.05) is 50.3 Å². The molecule has 4 N–H and O–H groups in total. The number of aliphatic imine (C=N–C) groups is 1. The maximum atomic E-state index is 13.9. The van der Waals surface area contributed by atoms with Gasteiger partial charge in [0.1, 0.15) is 11.6 Å². The largest absolute Gasteiger partial charge is 0.423 e. The summed E-state index contributed by atoms with van der Waals surface area (Å²) in [6, 6.07) is 11.8. The Labute approximate surface area is 284 Å². The lowest BCUT2D eigenvalue weighted by atomic mass is 9.95. The topological polar surface area (TPSA) is 115 Å². The second-order valence-corrected chi connectivity index (χ2v) is 12.5. The summed E-state index contributed by atoms with van der Waals surface area (Å²) in [5.41, 5.74) is 6.02. The van der Waals surface area contributed by atoms with Crippen LogP contribution in [0.3, 0.4) is 0 Å². The molecule has 11 heteroatoms. The summed E-state index contributed by atoms with van der Waals surface area (Å²) in [4.78, 5) is 24.1. The fourth-order valence-corrected chi connectivity index (χ4v) is 5.97. The molecule has 0 bridgehead atoms. The minimum Gasteiger partial charge on any atom is -0.423 e. The number of benzene rings is 2. The highest BCUT2D eigenvalue weighted by Gasteiger charge is 2.31. The maximum absolute atomic E-state index is 13.9. The number of fused-ring (bicyclic) bond motifs is 1. The van der Waals surface area contributed by atoms with Crippen LogP contribution in [-0.2, 0) is 4.79 Å². The molecule has 0 fully saturated rings. The number of anilines is 1. The first kappa shape index (κ1) is 34.8. The van der Waals surface area contributed by atoms with Crippen molar-refractivity contribution in [3.63, 3.8) is 0 Å². The lowest BCUT2D eigenvalue weighted by Gasteiger charge is -2.27. The van der Waals surface area contributed by atoms with Crippen LogP contribution in [0, 0.1) is 5.41 Å². The lowest BCUT2D eigenvalue weighted by molar-refractivity contribution is -0.116. The smallest absolute Gasteiger partial charge is 0.302 e. The molecule has 1 aliphatic rings. The van der Waals surface area contributed by atoms with E-state index in [0.717, 1.165) is 28.9 Å². The van der Waals surface area contributed by atoms with E-state index in [1.165, 1.54) is 17.3 Å². The molecule has 1 atom stereocenters. The quantitative estimate of drug-likeness (QED) is 0.102. The van der Waals surface area contributed by atoms with Gasteiger partial charge in [-0.2, -0.15) is 4.98 Å². The van der Waals surface area contributed by atoms with Crippen molar-refractivity contribution in [3.05, 3.63) is 115 Å². The van der Waals surface area contributed by atoms with Crippen molar-refractivity contribution in [1.29, 1.82) is 5.41 Å². The van der Waals surface area contributed by atoms with Crippen LogP contribution < -0.4 is 16.0 Å². The summed E-state index contributed by atoms with van der Waals surface area (Å²) in [6.07, 6.45) is 9.95. The van der Waals surface area contributed by atoms with E-state index in [0.29, 0.717) is 43.9 Å². The van der Waals surface area contributed by atoms with Crippen LogP contribution >= 0.6 is 35.0 Å². The van der Waals surface area contributed by atoms with Crippen molar-refractivity contribution < 1.29 is 9.21 Å². The zero-order valence-corrected chi connectivity index (χ0v) is 29.0. The van der Waals surface area contributed by atoms with Crippen LogP contribution in [0.4, 0.5) is 6.01 Å². The van der Waals surface area contributed by atoms with Crippen molar-refractivity contribution >= 4 is 69.1 Å². The van der Waals surface area contributed by atoms with E-state index in [2.05, 4.69) is 47.8 Å². The van der Waals surface area contributed by atoms with Crippen molar-refractivity contribution in [2.24, 2.45) is 4.99 Å². The van der Waals surface area contributed by atoms with Gasteiger partial charge in [0.25, 0.3) is 5.91 Å². The number of aromatic nitrogens is 1. The number of halogens is 2. The van der Waals surface area contributed by atoms with Crippen LogP contribution in [-0.4, -0.2) is 22.0 Å². The highest BCUT2D eigenvalue weighted by atomic mass is 35.5. The van der Waals surface area contributed by atoms with Gasteiger partial charge < -0.3 is 15.1 Å². The maximum Gasteiger partial charge on any atom is 0.302 e. The second-order valence-electron chi connectivity index (χ2n) is 10.6. The first-order valence-electron chi connectivity index (χ1n) is 15.0. The highest BCUT2D eigenvalue weighted by Crippen LogP contribution is 2.36. The van der Waals surface area contributed by atoms with Gasteiger partial charge in [-0.1, -0.05) is 102 Å². The van der Waals surface area contributed by atoms with Gasteiger partial charge in [-0.15, -0.1) is 0 Å². The van der Waals surface area contributed by atoms with E-state index in [4.69, 9.17) is 38.0 Å². The second kappa shape index (κ2) is 16.0. The fourth-order valence-electron chi connectivity index (χ4n) is 4.60. The molecule has 2 heterocycles. The third-order valence-corrected chi connectivity index (χ3v) is 9.07. The van der Waals surface area contributed by atoms with Gasteiger partial charge in [0.15, 0.2) is 10.8 Å². The Morgan fingerprint density at radius 2 is 1.91 bits per heavy atom. The minimum atomic E-state index is -0.774. The summed E-state index contributed by atoms with van der Waals surface area (Å²) in [5.74, 6) is -0.138. The summed E-state index contributed by atoms with van der Waals surface area (Å²) < 4.78 is 5.82. The number of rotatable bonds is 9. The molecule has 1 unspecified atom stereocenters. The number of oxazole rings is 1. The summed E-state index contributed by atoms with van der Waals surface area (Å²) >= 11 is 13.9. The van der Waals surface area contributed by atoms with E-state index < -0.39 is 11.9 Å². The molecule has 8 nitrogen and oxygen atoms in total. The van der Waals surface area contributed by atoms with Crippen molar-refractivity contribution in [2.75, 3.05) is 5.32 Å². The number of allylic oxidation sites excluding steroid dienone is 8. The number of amidine groups is 1. The molecule has 0 spiro atoms. The average Bonchev–Trinajstić information content (AvgIpc) is 3.42. The van der Waals surface area contributed by atoms with E-state index in [-0.39, 0.29) is 11.2 Å². The zero-order valence-electron chi connectivity index (χ0n) is 26.7. The molecule has 0 saturated heterocycles. The van der Waals surface area contributed by atoms with Gasteiger partial charge in [0, 0.05) is 32.3 Å². The van der Waals surface area contributed by atoms with Crippen LogP contribution in [0.5, 0.6) is 0 Å². The molecular weight excluding hydrogens is 639 g/mol. The standard InChI is InChI=1S/C35H38Cl2N6O2S/c1-7-20(4)13-12-14-23(9-3)31(21(5)8-2)46-33(38)42-32(44)29-22(6)39-34(41-30(29)25-15-10-11-16-26(25)37)43-35-40-27-18-17-24(36)19-28(27)45-35/h9-19,30H,7-8H2,1-6H3,(H2,38,42,44)(H2,39,40,41,43)/b14-12-,20-13+,23-9+,31-21+. The highest BCUT2D eigenvalue weighted by molar-refractivity contribution is 8.17. The van der Waals surface area contributed by atoms with Gasteiger partial charge >= 0.3 is 6.01 Å². The Bertz CT molecular complexity index is 1830. The minimum absolute atomic E-state index is 0.00271.